The minimum atomic E-state index is -0.800. The van der Waals surface area contributed by atoms with Gasteiger partial charge in [-0.3, -0.25) is 14.4 Å². The van der Waals surface area contributed by atoms with Gasteiger partial charge in [-0.05, 0) is 89.9 Å². The Balaban J connectivity index is 4.44. The summed E-state index contributed by atoms with van der Waals surface area (Å²) in [6, 6.07) is 0. The van der Waals surface area contributed by atoms with Gasteiger partial charge in [-0.1, -0.05) is 267 Å². The van der Waals surface area contributed by atoms with Crippen LogP contribution in [0.1, 0.15) is 303 Å². The summed E-state index contributed by atoms with van der Waals surface area (Å²) in [5, 5.41) is 0. The molecule has 71 heavy (non-hydrogen) atoms. The van der Waals surface area contributed by atoms with Gasteiger partial charge >= 0.3 is 17.9 Å². The van der Waals surface area contributed by atoms with Crippen LogP contribution in [0, 0.1) is 0 Å². The van der Waals surface area contributed by atoms with Gasteiger partial charge < -0.3 is 14.2 Å². The van der Waals surface area contributed by atoms with Crippen molar-refractivity contribution in [3.63, 3.8) is 0 Å². The van der Waals surface area contributed by atoms with Crippen molar-refractivity contribution in [2.45, 2.75) is 309 Å². The van der Waals surface area contributed by atoms with E-state index in [0.717, 1.165) is 77.0 Å². The first-order chi connectivity index (χ1) is 35.0. The Morgan fingerprint density at radius 3 is 0.873 bits per heavy atom. The third-order valence-corrected chi connectivity index (χ3v) is 13.2. The van der Waals surface area contributed by atoms with Gasteiger partial charge in [0.15, 0.2) is 6.10 Å². The zero-order chi connectivity index (χ0) is 51.4. The molecule has 0 saturated heterocycles. The Bertz CT molecular complexity index is 1320. The van der Waals surface area contributed by atoms with Crippen molar-refractivity contribution in [1.29, 1.82) is 0 Å². The van der Waals surface area contributed by atoms with Gasteiger partial charge in [-0.15, -0.1) is 0 Å². The molecule has 0 bridgehead atoms. The third kappa shape index (κ3) is 57.6. The summed E-state index contributed by atoms with van der Waals surface area (Å²) >= 11 is 0. The van der Waals surface area contributed by atoms with E-state index in [0.29, 0.717) is 19.3 Å². The first kappa shape index (κ1) is 67.8. The SMILES string of the molecule is CCCCC/C=C\C/C=C\C/C=C\C/C=C\CCCC(=O)OC[C@H](COC(=O)CCCCCCCCC/C=C\C/C=C\CCCCC)OC(=O)CCCCCCCCCCCCCCCCCCCCC. The molecule has 1 atom stereocenters. The molecular weight excluding hydrogens is 877 g/mol. The second-order valence-corrected chi connectivity index (χ2v) is 20.3. The van der Waals surface area contributed by atoms with Gasteiger partial charge in [0.25, 0.3) is 0 Å². The highest BCUT2D eigenvalue weighted by Gasteiger charge is 2.19. The highest BCUT2D eigenvalue weighted by Crippen LogP contribution is 2.16. The Labute approximate surface area is 440 Å². The van der Waals surface area contributed by atoms with Crippen molar-refractivity contribution in [2.75, 3.05) is 13.2 Å². The summed E-state index contributed by atoms with van der Waals surface area (Å²) in [6.45, 7) is 6.57. The predicted octanol–water partition coefficient (Wildman–Crippen LogP) is 20.5. The Morgan fingerprint density at radius 2 is 0.521 bits per heavy atom. The number of carbonyl (C=O) groups excluding carboxylic acids is 3. The number of hydrogen-bond donors (Lipinski definition) is 0. The van der Waals surface area contributed by atoms with E-state index in [-0.39, 0.29) is 37.5 Å². The zero-order valence-electron chi connectivity index (χ0n) is 47.0. The number of unbranched alkanes of at least 4 members (excludes halogenated alkanes) is 32. The molecule has 0 amide bonds. The van der Waals surface area contributed by atoms with Gasteiger partial charge in [-0.25, -0.2) is 0 Å². The van der Waals surface area contributed by atoms with E-state index in [1.165, 1.54) is 180 Å². The second kappa shape index (κ2) is 59.4. The van der Waals surface area contributed by atoms with Crippen LogP contribution < -0.4 is 0 Å². The monoisotopic (exact) mass is 991 g/mol. The predicted molar refractivity (Wildman–Crippen MR) is 307 cm³/mol. The van der Waals surface area contributed by atoms with Crippen molar-refractivity contribution in [3.05, 3.63) is 72.9 Å². The quantitative estimate of drug-likeness (QED) is 0.0261. The number of allylic oxidation sites excluding steroid dienone is 12. The maximum absolute atomic E-state index is 12.9. The summed E-state index contributed by atoms with van der Waals surface area (Å²) in [4.78, 5) is 38.2. The summed E-state index contributed by atoms with van der Waals surface area (Å²) in [7, 11) is 0. The molecule has 0 aromatic heterocycles. The molecule has 0 aliphatic heterocycles. The smallest absolute Gasteiger partial charge is 0.306 e. The molecule has 0 rings (SSSR count). The number of ether oxygens (including phenoxy) is 3. The van der Waals surface area contributed by atoms with Crippen LogP contribution in [0.4, 0.5) is 0 Å². The van der Waals surface area contributed by atoms with Crippen LogP contribution in [0.2, 0.25) is 0 Å². The van der Waals surface area contributed by atoms with Gasteiger partial charge in [-0.2, -0.15) is 0 Å². The van der Waals surface area contributed by atoms with Crippen LogP contribution in [-0.4, -0.2) is 37.2 Å². The zero-order valence-corrected chi connectivity index (χ0v) is 47.0. The van der Waals surface area contributed by atoms with Crippen molar-refractivity contribution >= 4 is 17.9 Å². The van der Waals surface area contributed by atoms with E-state index in [9.17, 15) is 14.4 Å². The molecule has 0 fully saturated rings. The van der Waals surface area contributed by atoms with E-state index in [2.05, 4.69) is 93.7 Å². The second-order valence-electron chi connectivity index (χ2n) is 20.3. The summed E-state index contributed by atoms with van der Waals surface area (Å²) in [5.74, 6) is -0.946. The van der Waals surface area contributed by atoms with Crippen LogP contribution in [0.5, 0.6) is 0 Å². The summed E-state index contributed by atoms with van der Waals surface area (Å²) < 4.78 is 16.9. The maximum Gasteiger partial charge on any atom is 0.306 e. The standard InChI is InChI=1S/C65H114O6/c1-4-7-10-13-16-19-22-25-28-31-32-35-38-41-44-47-50-53-56-59-65(68)71-62(60-69-63(66)57-54-51-48-45-42-39-36-33-29-26-23-20-17-14-11-8-5-2)61-70-64(67)58-55-52-49-46-43-40-37-34-30-27-24-21-18-15-12-9-6-3/h17-18,20-21,26-27,29-30,36,39,45,48,62H,4-16,19,22-25,28,31-35,37-38,40-44,46-47,49-61H2,1-3H3/b20-17-,21-18-,29-26-,30-27-,39-36-,48-45-/t62-/m1/s1. The van der Waals surface area contributed by atoms with Crippen LogP contribution in [0.25, 0.3) is 0 Å². The molecule has 0 aromatic rings. The largest absolute Gasteiger partial charge is 0.462 e. The first-order valence-electron chi connectivity index (χ1n) is 30.4. The molecule has 0 saturated carbocycles. The van der Waals surface area contributed by atoms with E-state index in [1.54, 1.807) is 0 Å². The normalized spacial score (nSPS) is 12.5. The van der Waals surface area contributed by atoms with Crippen LogP contribution in [0.15, 0.2) is 72.9 Å². The fraction of sp³-hybridized carbons (Fsp3) is 0.769. The lowest BCUT2D eigenvalue weighted by Gasteiger charge is -2.18. The lowest BCUT2D eigenvalue weighted by molar-refractivity contribution is -0.167. The van der Waals surface area contributed by atoms with Crippen molar-refractivity contribution < 1.29 is 28.6 Å². The van der Waals surface area contributed by atoms with E-state index >= 15 is 0 Å². The maximum atomic E-state index is 12.9. The number of hydrogen-bond acceptors (Lipinski definition) is 6. The molecule has 6 nitrogen and oxygen atoms in total. The highest BCUT2D eigenvalue weighted by atomic mass is 16.6. The van der Waals surface area contributed by atoms with Crippen molar-refractivity contribution in [1.82, 2.24) is 0 Å². The Morgan fingerprint density at radius 1 is 0.282 bits per heavy atom. The fourth-order valence-electron chi connectivity index (χ4n) is 8.58. The fourth-order valence-corrected chi connectivity index (χ4v) is 8.58. The molecule has 0 unspecified atom stereocenters. The molecule has 0 heterocycles. The van der Waals surface area contributed by atoms with Gasteiger partial charge in [0, 0.05) is 19.3 Å². The topological polar surface area (TPSA) is 78.9 Å². The van der Waals surface area contributed by atoms with E-state index in [1.807, 2.05) is 0 Å². The van der Waals surface area contributed by atoms with Crippen LogP contribution >= 0.6 is 0 Å². The van der Waals surface area contributed by atoms with Crippen molar-refractivity contribution in [3.8, 4) is 0 Å². The third-order valence-electron chi connectivity index (χ3n) is 13.2. The molecule has 0 spiro atoms. The van der Waals surface area contributed by atoms with Crippen LogP contribution in [0.3, 0.4) is 0 Å². The average molecular weight is 992 g/mol. The number of esters is 3. The van der Waals surface area contributed by atoms with Gasteiger partial charge in [0.2, 0.25) is 0 Å². The van der Waals surface area contributed by atoms with E-state index < -0.39 is 6.10 Å². The Kier molecular flexibility index (Phi) is 56.8. The minimum Gasteiger partial charge on any atom is -0.462 e. The molecule has 0 aliphatic rings. The average Bonchev–Trinajstić information content (AvgIpc) is 3.37. The van der Waals surface area contributed by atoms with Crippen molar-refractivity contribution in [2.24, 2.45) is 0 Å². The summed E-state index contributed by atoms with van der Waals surface area (Å²) in [6.07, 6.45) is 76.1. The van der Waals surface area contributed by atoms with Gasteiger partial charge in [0.05, 0.1) is 0 Å². The van der Waals surface area contributed by atoms with Gasteiger partial charge in [0.1, 0.15) is 13.2 Å². The lowest BCUT2D eigenvalue weighted by Crippen LogP contribution is -2.30. The molecule has 0 N–H and O–H groups in total. The summed E-state index contributed by atoms with van der Waals surface area (Å²) in [5.41, 5.74) is 0. The molecule has 6 heteroatoms. The molecule has 0 aromatic carbocycles. The molecule has 0 aliphatic carbocycles. The van der Waals surface area contributed by atoms with E-state index in [4.69, 9.17) is 14.2 Å². The highest BCUT2D eigenvalue weighted by molar-refractivity contribution is 5.71. The minimum absolute atomic E-state index is 0.0943. The lowest BCUT2D eigenvalue weighted by atomic mass is 10.0. The number of rotatable bonds is 55. The molecule has 0 radical (unpaired) electrons. The Hall–Kier alpha value is -3.15. The molecular formula is C65H114O6. The van der Waals surface area contributed by atoms with Crippen LogP contribution in [-0.2, 0) is 28.6 Å². The molecule has 410 valence electrons. The number of carbonyl (C=O) groups is 3. The first-order valence-corrected chi connectivity index (χ1v) is 30.4.